The third-order valence-corrected chi connectivity index (χ3v) is 6.97. The SMILES string of the molecule is COc1ccc(/C=C2/SC(=S)N(CCCCCC(=O)NC3=NCCS3)C2=O)cc1OC. The van der Waals surface area contributed by atoms with E-state index in [9.17, 15) is 9.59 Å². The molecule has 0 saturated carbocycles. The second-order valence-corrected chi connectivity index (χ2v) is 9.60. The Morgan fingerprint density at radius 3 is 2.77 bits per heavy atom. The topological polar surface area (TPSA) is 80.2 Å². The van der Waals surface area contributed by atoms with Gasteiger partial charge in [-0.15, -0.1) is 0 Å². The zero-order valence-electron chi connectivity index (χ0n) is 17.5. The quantitative estimate of drug-likeness (QED) is 0.329. The van der Waals surface area contributed by atoms with Gasteiger partial charge in [-0.3, -0.25) is 19.5 Å². The summed E-state index contributed by atoms with van der Waals surface area (Å²) in [4.78, 5) is 31.1. The molecule has 1 fully saturated rings. The predicted molar refractivity (Wildman–Crippen MR) is 131 cm³/mol. The molecule has 2 heterocycles. The van der Waals surface area contributed by atoms with Crippen LogP contribution in [0.4, 0.5) is 0 Å². The van der Waals surface area contributed by atoms with Gasteiger partial charge in [0.15, 0.2) is 16.7 Å². The normalized spacial score (nSPS) is 17.3. The summed E-state index contributed by atoms with van der Waals surface area (Å²) in [6, 6.07) is 5.50. The number of hydrogen-bond acceptors (Lipinski definition) is 8. The van der Waals surface area contributed by atoms with Gasteiger partial charge in [0.2, 0.25) is 5.91 Å². The lowest BCUT2D eigenvalue weighted by Crippen LogP contribution is -2.29. The van der Waals surface area contributed by atoms with Crippen molar-refractivity contribution < 1.29 is 19.1 Å². The van der Waals surface area contributed by atoms with Crippen LogP contribution in [0.25, 0.3) is 6.08 Å². The van der Waals surface area contributed by atoms with Gasteiger partial charge in [-0.25, -0.2) is 0 Å². The molecule has 10 heteroatoms. The van der Waals surface area contributed by atoms with Gasteiger partial charge in [0.1, 0.15) is 4.32 Å². The van der Waals surface area contributed by atoms with E-state index in [0.717, 1.165) is 42.3 Å². The minimum atomic E-state index is -0.0844. The molecule has 0 spiro atoms. The summed E-state index contributed by atoms with van der Waals surface area (Å²) in [6.45, 7) is 1.32. The fraction of sp³-hybridized carbons (Fsp3) is 0.429. The van der Waals surface area contributed by atoms with Crippen molar-refractivity contribution in [3.63, 3.8) is 0 Å². The molecule has 0 radical (unpaired) electrons. The van der Waals surface area contributed by atoms with Crippen molar-refractivity contribution in [2.75, 3.05) is 33.1 Å². The average molecular weight is 480 g/mol. The standard InChI is InChI=1S/C21H25N3O4S3/c1-27-15-8-7-14(12-16(15)28-2)13-17-19(26)24(21(29)31-17)10-5-3-4-6-18(25)23-20-22-9-11-30-20/h7-8,12-13H,3-6,9-11H2,1-2H3,(H,22,23,25)/b17-13+. The molecule has 7 nitrogen and oxygen atoms in total. The number of amides is 2. The van der Waals surface area contributed by atoms with Gasteiger partial charge in [0.25, 0.3) is 5.91 Å². The Bertz CT molecular complexity index is 917. The lowest BCUT2D eigenvalue weighted by molar-refractivity contribution is -0.122. The number of thiocarbonyl (C=S) groups is 1. The van der Waals surface area contributed by atoms with E-state index in [0.29, 0.717) is 33.7 Å². The van der Waals surface area contributed by atoms with Crippen LogP contribution < -0.4 is 14.8 Å². The van der Waals surface area contributed by atoms with Gasteiger partial charge in [-0.1, -0.05) is 48.2 Å². The first kappa shape index (κ1) is 23.6. The number of unbranched alkanes of at least 4 members (excludes halogenated alkanes) is 2. The molecule has 0 bridgehead atoms. The molecule has 1 aromatic carbocycles. The molecule has 1 saturated heterocycles. The highest BCUT2D eigenvalue weighted by molar-refractivity contribution is 8.26. The number of aliphatic imine (C=N–C) groups is 1. The second-order valence-electron chi connectivity index (χ2n) is 6.84. The van der Waals surface area contributed by atoms with Gasteiger partial charge >= 0.3 is 0 Å². The Morgan fingerprint density at radius 2 is 2.06 bits per heavy atom. The van der Waals surface area contributed by atoms with E-state index in [1.165, 1.54) is 11.8 Å². The fourth-order valence-corrected chi connectivity index (χ4v) is 5.16. The summed E-state index contributed by atoms with van der Waals surface area (Å²) >= 11 is 8.28. The number of thioether (sulfide) groups is 2. The summed E-state index contributed by atoms with van der Waals surface area (Å²) in [7, 11) is 3.16. The van der Waals surface area contributed by atoms with E-state index >= 15 is 0 Å². The number of benzene rings is 1. The zero-order chi connectivity index (χ0) is 22.2. The molecule has 0 atom stereocenters. The number of rotatable bonds is 9. The first-order valence-corrected chi connectivity index (χ1v) is 12.2. The van der Waals surface area contributed by atoms with Crippen LogP contribution in [0.1, 0.15) is 31.2 Å². The number of ether oxygens (including phenoxy) is 2. The smallest absolute Gasteiger partial charge is 0.266 e. The number of carbonyl (C=O) groups excluding carboxylic acids is 2. The average Bonchev–Trinajstić information content (AvgIpc) is 3.36. The highest BCUT2D eigenvalue weighted by atomic mass is 32.2. The molecule has 31 heavy (non-hydrogen) atoms. The molecule has 0 aliphatic carbocycles. The van der Waals surface area contributed by atoms with E-state index in [1.807, 2.05) is 18.2 Å². The van der Waals surface area contributed by atoms with E-state index in [2.05, 4.69) is 10.3 Å². The molecule has 2 amide bonds. The Labute approximate surface area is 196 Å². The van der Waals surface area contributed by atoms with Crippen molar-refractivity contribution in [3.05, 3.63) is 28.7 Å². The predicted octanol–water partition coefficient (Wildman–Crippen LogP) is 3.68. The number of hydrogen-bond donors (Lipinski definition) is 1. The number of nitrogens with one attached hydrogen (secondary N) is 1. The molecule has 3 rings (SSSR count). The Hall–Kier alpha value is -2.04. The van der Waals surface area contributed by atoms with Crippen molar-refractivity contribution in [2.45, 2.75) is 25.7 Å². The van der Waals surface area contributed by atoms with Crippen molar-refractivity contribution in [1.29, 1.82) is 0 Å². The van der Waals surface area contributed by atoms with E-state index in [-0.39, 0.29) is 11.8 Å². The van der Waals surface area contributed by atoms with Crippen molar-refractivity contribution in [3.8, 4) is 11.5 Å². The highest BCUT2D eigenvalue weighted by Gasteiger charge is 2.31. The minimum absolute atomic E-state index is 0.00313. The molecular weight excluding hydrogens is 454 g/mol. The second kappa shape index (κ2) is 11.5. The number of amidine groups is 1. The molecule has 0 unspecified atom stereocenters. The van der Waals surface area contributed by atoms with Gasteiger partial charge < -0.3 is 14.8 Å². The lowest BCUT2D eigenvalue weighted by atomic mass is 10.1. The van der Waals surface area contributed by atoms with Crippen LogP contribution in [-0.2, 0) is 9.59 Å². The maximum absolute atomic E-state index is 12.8. The first-order valence-electron chi connectivity index (χ1n) is 9.96. The third kappa shape index (κ3) is 6.47. The van der Waals surface area contributed by atoms with Crippen molar-refractivity contribution >= 4 is 63.1 Å². The van der Waals surface area contributed by atoms with E-state index in [1.54, 1.807) is 36.9 Å². The van der Waals surface area contributed by atoms with Crippen LogP contribution in [0.15, 0.2) is 28.1 Å². The molecule has 166 valence electrons. The summed E-state index contributed by atoms with van der Waals surface area (Å²) < 4.78 is 11.1. The summed E-state index contributed by atoms with van der Waals surface area (Å²) in [6.07, 6.45) is 4.67. The maximum Gasteiger partial charge on any atom is 0.266 e. The summed E-state index contributed by atoms with van der Waals surface area (Å²) in [5.41, 5.74) is 0.842. The molecule has 2 aliphatic rings. The third-order valence-electron chi connectivity index (χ3n) is 4.70. The molecule has 0 aromatic heterocycles. The van der Waals surface area contributed by atoms with Gasteiger partial charge in [0.05, 0.1) is 25.7 Å². The van der Waals surface area contributed by atoms with Crippen LogP contribution in [0, 0.1) is 0 Å². The number of carbonyl (C=O) groups is 2. The van der Waals surface area contributed by atoms with E-state index in [4.69, 9.17) is 21.7 Å². The van der Waals surface area contributed by atoms with Crippen LogP contribution in [-0.4, -0.2) is 59.3 Å². The Balaban J connectivity index is 1.46. The lowest BCUT2D eigenvalue weighted by Gasteiger charge is -2.14. The van der Waals surface area contributed by atoms with Gasteiger partial charge in [0, 0.05) is 18.7 Å². The van der Waals surface area contributed by atoms with Crippen molar-refractivity contribution in [2.24, 2.45) is 4.99 Å². The zero-order valence-corrected chi connectivity index (χ0v) is 20.0. The fourth-order valence-electron chi connectivity index (χ4n) is 3.11. The molecule has 1 aromatic rings. The molecule has 1 N–H and O–H groups in total. The van der Waals surface area contributed by atoms with Crippen molar-refractivity contribution in [1.82, 2.24) is 10.2 Å². The summed E-state index contributed by atoms with van der Waals surface area (Å²) in [5, 5.41) is 3.56. The van der Waals surface area contributed by atoms with Crippen LogP contribution in [0.3, 0.4) is 0 Å². The van der Waals surface area contributed by atoms with Crippen LogP contribution in [0.5, 0.6) is 11.5 Å². The molecular formula is C21H25N3O4S3. The Morgan fingerprint density at radius 1 is 1.26 bits per heavy atom. The number of nitrogens with zero attached hydrogens (tertiary/aromatic N) is 2. The maximum atomic E-state index is 12.8. The highest BCUT2D eigenvalue weighted by Crippen LogP contribution is 2.34. The van der Waals surface area contributed by atoms with Crippen LogP contribution >= 0.6 is 35.7 Å². The van der Waals surface area contributed by atoms with E-state index < -0.39 is 0 Å². The Kier molecular flexibility index (Phi) is 8.79. The largest absolute Gasteiger partial charge is 0.493 e. The summed E-state index contributed by atoms with van der Waals surface area (Å²) in [5.74, 6) is 2.08. The minimum Gasteiger partial charge on any atom is -0.493 e. The van der Waals surface area contributed by atoms with Gasteiger partial charge in [-0.2, -0.15) is 0 Å². The molecule has 2 aliphatic heterocycles. The number of methoxy groups -OCH3 is 2. The first-order chi connectivity index (χ1) is 15.0. The monoisotopic (exact) mass is 479 g/mol. The van der Waals surface area contributed by atoms with Gasteiger partial charge in [-0.05, 0) is 36.6 Å². The van der Waals surface area contributed by atoms with Crippen LogP contribution in [0.2, 0.25) is 0 Å².